The number of rotatable bonds is 5. The van der Waals surface area contributed by atoms with Crippen molar-refractivity contribution in [2.75, 3.05) is 10.6 Å². The third-order valence-corrected chi connectivity index (χ3v) is 5.00. The van der Waals surface area contributed by atoms with Crippen molar-refractivity contribution < 1.29 is 22.8 Å². The molecular formula is C22H20ClF3N4O2. The van der Waals surface area contributed by atoms with E-state index >= 15 is 0 Å². The first-order valence-corrected chi connectivity index (χ1v) is 9.93. The van der Waals surface area contributed by atoms with E-state index in [9.17, 15) is 22.8 Å². The zero-order valence-electron chi connectivity index (χ0n) is 17.5. The van der Waals surface area contributed by atoms with Gasteiger partial charge in [-0.25, -0.2) is 4.68 Å². The molecule has 0 aliphatic heterocycles. The molecule has 3 rings (SSSR count). The Hall–Kier alpha value is -3.33. The van der Waals surface area contributed by atoms with Crippen molar-refractivity contribution in [3.63, 3.8) is 0 Å². The Kier molecular flexibility index (Phi) is 6.59. The van der Waals surface area contributed by atoms with Gasteiger partial charge in [0.1, 0.15) is 0 Å². The number of alkyl halides is 3. The number of carbonyl (C=O) groups excluding carboxylic acids is 2. The van der Waals surface area contributed by atoms with Gasteiger partial charge in [0.25, 0.3) is 0 Å². The average Bonchev–Trinajstić information content (AvgIpc) is 2.97. The summed E-state index contributed by atoms with van der Waals surface area (Å²) in [4.78, 5) is 24.1. The van der Waals surface area contributed by atoms with Crippen LogP contribution < -0.4 is 10.6 Å². The van der Waals surface area contributed by atoms with Gasteiger partial charge in [-0.05, 0) is 50.2 Å². The minimum atomic E-state index is -4.47. The molecule has 0 bridgehead atoms. The molecule has 10 heteroatoms. The molecule has 2 amide bonds. The fraction of sp³-hybridized carbons (Fsp3) is 0.227. The molecule has 0 aliphatic rings. The molecule has 32 heavy (non-hydrogen) atoms. The van der Waals surface area contributed by atoms with Gasteiger partial charge in [-0.1, -0.05) is 17.7 Å². The van der Waals surface area contributed by atoms with Crippen LogP contribution in [-0.4, -0.2) is 21.6 Å². The molecule has 0 atom stereocenters. The molecule has 0 fully saturated rings. The van der Waals surface area contributed by atoms with Gasteiger partial charge < -0.3 is 10.6 Å². The molecule has 0 saturated carbocycles. The van der Waals surface area contributed by atoms with E-state index in [1.165, 1.54) is 29.8 Å². The molecule has 2 aromatic carbocycles. The summed E-state index contributed by atoms with van der Waals surface area (Å²) in [6.45, 7) is 4.71. The molecular weight excluding hydrogens is 445 g/mol. The van der Waals surface area contributed by atoms with E-state index in [2.05, 4.69) is 15.7 Å². The molecule has 168 valence electrons. The van der Waals surface area contributed by atoms with Gasteiger partial charge in [-0.3, -0.25) is 9.59 Å². The molecule has 0 aliphatic carbocycles. The van der Waals surface area contributed by atoms with E-state index in [0.717, 1.165) is 12.1 Å². The third-order valence-electron chi connectivity index (χ3n) is 4.76. The maximum atomic E-state index is 13.1. The normalized spacial score (nSPS) is 11.3. The van der Waals surface area contributed by atoms with Gasteiger partial charge in [-0.2, -0.15) is 18.3 Å². The molecule has 1 heterocycles. The highest BCUT2D eigenvalue weighted by molar-refractivity contribution is 6.31. The SMILES string of the molecule is CC(=O)Nc1ccc(Cl)cc1NC(=O)Cc1c(C)nn(-c2cccc(C(F)(F)F)c2)c1C. The van der Waals surface area contributed by atoms with Crippen LogP contribution in [0.1, 0.15) is 29.4 Å². The number of amides is 2. The zero-order chi connectivity index (χ0) is 23.6. The number of anilines is 2. The van der Waals surface area contributed by atoms with Crippen LogP contribution in [0.4, 0.5) is 24.5 Å². The van der Waals surface area contributed by atoms with Crippen LogP contribution in [0.15, 0.2) is 42.5 Å². The molecule has 6 nitrogen and oxygen atoms in total. The Balaban J connectivity index is 1.86. The number of nitrogens with zero attached hydrogens (tertiary/aromatic N) is 2. The average molecular weight is 465 g/mol. The fourth-order valence-electron chi connectivity index (χ4n) is 3.27. The predicted molar refractivity (Wildman–Crippen MR) is 116 cm³/mol. The summed E-state index contributed by atoms with van der Waals surface area (Å²) < 4.78 is 40.6. The molecule has 3 aromatic rings. The van der Waals surface area contributed by atoms with Crippen molar-refractivity contribution in [1.29, 1.82) is 0 Å². The van der Waals surface area contributed by atoms with Gasteiger partial charge in [0.15, 0.2) is 0 Å². The highest BCUT2D eigenvalue weighted by atomic mass is 35.5. The topological polar surface area (TPSA) is 76.0 Å². The lowest BCUT2D eigenvalue weighted by molar-refractivity contribution is -0.137. The summed E-state index contributed by atoms with van der Waals surface area (Å²) in [5, 5.41) is 10.0. The maximum Gasteiger partial charge on any atom is 0.416 e. The van der Waals surface area contributed by atoms with Gasteiger partial charge in [0.2, 0.25) is 11.8 Å². The standard InChI is InChI=1S/C22H20ClF3N4O2/c1-12-18(11-21(32)28-20-10-16(23)7-8-19(20)27-14(3)31)13(2)30(29-12)17-6-4-5-15(9-17)22(24,25)26/h4-10H,11H2,1-3H3,(H,27,31)(H,28,32). The smallest absolute Gasteiger partial charge is 0.325 e. The Morgan fingerprint density at radius 2 is 1.78 bits per heavy atom. The van der Waals surface area contributed by atoms with Crippen molar-refractivity contribution in [1.82, 2.24) is 9.78 Å². The van der Waals surface area contributed by atoms with Gasteiger partial charge in [-0.15, -0.1) is 0 Å². The number of hydrogen-bond donors (Lipinski definition) is 2. The van der Waals surface area contributed by atoms with Crippen LogP contribution in [0.2, 0.25) is 5.02 Å². The first-order chi connectivity index (χ1) is 15.0. The summed E-state index contributed by atoms with van der Waals surface area (Å²) >= 11 is 6.01. The maximum absolute atomic E-state index is 13.1. The minimum Gasteiger partial charge on any atom is -0.325 e. The largest absolute Gasteiger partial charge is 0.416 e. The molecule has 2 N–H and O–H groups in total. The van der Waals surface area contributed by atoms with Gasteiger partial charge in [0, 0.05) is 23.2 Å². The van der Waals surface area contributed by atoms with Crippen molar-refractivity contribution in [3.8, 4) is 5.69 Å². The van der Waals surface area contributed by atoms with E-state index in [1.54, 1.807) is 26.0 Å². The number of carbonyl (C=O) groups is 2. The first-order valence-electron chi connectivity index (χ1n) is 9.55. The van der Waals surface area contributed by atoms with Crippen molar-refractivity contribution >= 4 is 34.8 Å². The van der Waals surface area contributed by atoms with Crippen LogP contribution >= 0.6 is 11.6 Å². The molecule has 0 saturated heterocycles. The minimum absolute atomic E-state index is 0.0668. The van der Waals surface area contributed by atoms with Crippen LogP contribution in [0.25, 0.3) is 5.69 Å². The zero-order valence-corrected chi connectivity index (χ0v) is 18.2. The van der Waals surface area contributed by atoms with Crippen molar-refractivity contribution in [2.45, 2.75) is 33.4 Å². The van der Waals surface area contributed by atoms with E-state index in [0.29, 0.717) is 33.3 Å². The Bertz CT molecular complexity index is 1190. The lowest BCUT2D eigenvalue weighted by Crippen LogP contribution is -2.17. The number of aryl methyl sites for hydroxylation is 1. The third kappa shape index (κ3) is 5.28. The quantitative estimate of drug-likeness (QED) is 0.538. The molecule has 1 aromatic heterocycles. The number of nitrogens with one attached hydrogen (secondary N) is 2. The fourth-order valence-corrected chi connectivity index (χ4v) is 3.44. The van der Waals surface area contributed by atoms with Crippen LogP contribution in [0.5, 0.6) is 0 Å². The number of halogens is 4. The second-order valence-corrected chi connectivity index (χ2v) is 7.64. The van der Waals surface area contributed by atoms with E-state index < -0.39 is 17.6 Å². The summed E-state index contributed by atoms with van der Waals surface area (Å²) in [7, 11) is 0. The van der Waals surface area contributed by atoms with Crippen LogP contribution in [0, 0.1) is 13.8 Å². The molecule has 0 unspecified atom stereocenters. The summed E-state index contributed by atoms with van der Waals surface area (Å²) in [5.74, 6) is -0.703. The molecule has 0 radical (unpaired) electrons. The van der Waals surface area contributed by atoms with Crippen molar-refractivity contribution in [2.24, 2.45) is 0 Å². The summed E-state index contributed by atoms with van der Waals surface area (Å²) in [6.07, 6.45) is -4.54. The second-order valence-electron chi connectivity index (χ2n) is 7.21. The molecule has 0 spiro atoms. The highest BCUT2D eigenvalue weighted by Crippen LogP contribution is 2.31. The number of aromatic nitrogens is 2. The summed E-state index contributed by atoms with van der Waals surface area (Å²) in [5.41, 5.74) is 1.83. The Morgan fingerprint density at radius 3 is 2.44 bits per heavy atom. The highest BCUT2D eigenvalue weighted by Gasteiger charge is 2.30. The Labute approximate surface area is 187 Å². The van der Waals surface area contributed by atoms with Crippen LogP contribution in [0.3, 0.4) is 0 Å². The lowest BCUT2D eigenvalue weighted by atomic mass is 10.1. The van der Waals surface area contributed by atoms with Crippen LogP contribution in [-0.2, 0) is 22.2 Å². The number of benzene rings is 2. The lowest BCUT2D eigenvalue weighted by Gasteiger charge is -2.12. The predicted octanol–water partition coefficient (Wildman–Crippen LogP) is 5.30. The van der Waals surface area contributed by atoms with E-state index in [1.807, 2.05) is 0 Å². The first kappa shape index (κ1) is 23.3. The summed E-state index contributed by atoms with van der Waals surface area (Å²) in [6, 6.07) is 9.48. The van der Waals surface area contributed by atoms with Gasteiger partial charge in [0.05, 0.1) is 34.7 Å². The second kappa shape index (κ2) is 9.04. The monoisotopic (exact) mass is 464 g/mol. The van der Waals surface area contributed by atoms with E-state index in [4.69, 9.17) is 11.6 Å². The van der Waals surface area contributed by atoms with E-state index in [-0.39, 0.29) is 18.0 Å². The van der Waals surface area contributed by atoms with Crippen molar-refractivity contribution in [3.05, 3.63) is 70.0 Å². The van der Waals surface area contributed by atoms with Gasteiger partial charge >= 0.3 is 6.18 Å². The number of hydrogen-bond acceptors (Lipinski definition) is 3. The Morgan fingerprint density at radius 1 is 1.06 bits per heavy atom.